The fourth-order valence-electron chi connectivity index (χ4n) is 2.70. The Morgan fingerprint density at radius 3 is 2.93 bits per heavy atom. The second-order valence-corrected chi connectivity index (χ2v) is 6.04. The summed E-state index contributed by atoms with van der Waals surface area (Å²) in [4.78, 5) is 38.5. The van der Waals surface area contributed by atoms with Gasteiger partial charge in [-0.05, 0) is 25.1 Å². The molecule has 0 aliphatic heterocycles. The van der Waals surface area contributed by atoms with Gasteiger partial charge in [0.25, 0.3) is 5.56 Å². The Morgan fingerprint density at radius 2 is 2.29 bits per heavy atom. The van der Waals surface area contributed by atoms with Crippen molar-refractivity contribution < 1.29 is 14.9 Å². The topological polar surface area (TPSA) is 163 Å². The SMILES string of the molecule is CCC(/C(C)=C/C(CNC(=O)Cc1n[nH]c(=O)c2ncccc12)=N\O)[N+](=O)[O-]. The van der Waals surface area contributed by atoms with Crippen molar-refractivity contribution >= 4 is 22.5 Å². The van der Waals surface area contributed by atoms with Gasteiger partial charge in [0.15, 0.2) is 0 Å². The van der Waals surface area contributed by atoms with Crippen LogP contribution in [0.4, 0.5) is 0 Å². The Labute approximate surface area is 159 Å². The minimum absolute atomic E-state index is 0.0760. The number of carbonyl (C=O) groups is 1. The van der Waals surface area contributed by atoms with Gasteiger partial charge < -0.3 is 10.5 Å². The molecule has 0 aliphatic carbocycles. The number of aromatic amines is 1. The van der Waals surface area contributed by atoms with Crippen LogP contribution < -0.4 is 10.9 Å². The van der Waals surface area contributed by atoms with E-state index < -0.39 is 22.4 Å². The highest BCUT2D eigenvalue weighted by Crippen LogP contribution is 2.11. The van der Waals surface area contributed by atoms with E-state index in [0.717, 1.165) is 0 Å². The highest BCUT2D eigenvalue weighted by atomic mass is 16.6. The molecule has 2 heterocycles. The maximum Gasteiger partial charge on any atom is 0.290 e. The van der Waals surface area contributed by atoms with Gasteiger partial charge in [-0.2, -0.15) is 5.10 Å². The second-order valence-electron chi connectivity index (χ2n) is 6.04. The Hall–Kier alpha value is -3.63. The smallest absolute Gasteiger partial charge is 0.290 e. The zero-order chi connectivity index (χ0) is 20.7. The van der Waals surface area contributed by atoms with Gasteiger partial charge in [-0.1, -0.05) is 12.1 Å². The summed E-state index contributed by atoms with van der Waals surface area (Å²) in [6.45, 7) is 3.12. The van der Waals surface area contributed by atoms with E-state index in [2.05, 4.69) is 25.7 Å². The Morgan fingerprint density at radius 1 is 1.54 bits per heavy atom. The number of nitro groups is 1. The molecule has 0 saturated carbocycles. The van der Waals surface area contributed by atoms with E-state index in [1.807, 2.05) is 0 Å². The summed E-state index contributed by atoms with van der Waals surface area (Å²) in [6, 6.07) is 2.38. The molecule has 2 rings (SSSR count). The van der Waals surface area contributed by atoms with Crippen LogP contribution in [0.1, 0.15) is 26.0 Å². The first-order chi connectivity index (χ1) is 13.4. The molecule has 0 saturated heterocycles. The third-order valence-electron chi connectivity index (χ3n) is 4.11. The number of pyridine rings is 1. The van der Waals surface area contributed by atoms with Gasteiger partial charge in [-0.15, -0.1) is 0 Å². The molecule has 2 aromatic rings. The number of hydrogen-bond acceptors (Lipinski definition) is 8. The van der Waals surface area contributed by atoms with Crippen LogP contribution in [0.25, 0.3) is 10.9 Å². The maximum absolute atomic E-state index is 12.2. The van der Waals surface area contributed by atoms with E-state index in [-0.39, 0.29) is 24.2 Å². The minimum Gasteiger partial charge on any atom is -0.411 e. The van der Waals surface area contributed by atoms with Crippen molar-refractivity contribution in [2.45, 2.75) is 32.7 Å². The number of hydrogen-bond donors (Lipinski definition) is 3. The lowest BCUT2D eigenvalue weighted by molar-refractivity contribution is -0.512. The van der Waals surface area contributed by atoms with Gasteiger partial charge in [-0.25, -0.2) is 5.10 Å². The average molecular weight is 388 g/mol. The third-order valence-corrected chi connectivity index (χ3v) is 4.11. The average Bonchev–Trinajstić information content (AvgIpc) is 2.67. The summed E-state index contributed by atoms with van der Waals surface area (Å²) in [7, 11) is 0. The summed E-state index contributed by atoms with van der Waals surface area (Å²) in [5.74, 6) is -0.432. The number of H-pyrrole nitrogens is 1. The number of amides is 1. The number of rotatable bonds is 8. The van der Waals surface area contributed by atoms with Crippen LogP contribution in [-0.4, -0.2) is 49.5 Å². The minimum atomic E-state index is -0.892. The number of oxime groups is 1. The standard InChI is InChI=1S/C17H20N6O5/c1-3-14(23(27)28)10(2)7-11(22-26)9-19-15(24)8-13-12-5-4-6-18-16(12)17(25)21-20-13/h4-7,14,26H,3,8-9H2,1-2H3,(H,19,24)(H,21,25)/b10-7+,22-11+. The molecule has 28 heavy (non-hydrogen) atoms. The van der Waals surface area contributed by atoms with Crippen molar-refractivity contribution in [1.29, 1.82) is 0 Å². The highest BCUT2D eigenvalue weighted by Gasteiger charge is 2.20. The Bertz CT molecular complexity index is 997. The molecule has 3 N–H and O–H groups in total. The summed E-state index contributed by atoms with van der Waals surface area (Å²) < 4.78 is 0. The highest BCUT2D eigenvalue weighted by molar-refractivity contribution is 5.99. The van der Waals surface area contributed by atoms with Crippen LogP contribution in [0.3, 0.4) is 0 Å². The van der Waals surface area contributed by atoms with E-state index in [1.54, 1.807) is 26.0 Å². The molecule has 11 heteroatoms. The number of nitrogens with zero attached hydrogens (tertiary/aromatic N) is 4. The van der Waals surface area contributed by atoms with Crippen molar-refractivity contribution in [3.05, 3.63) is 56.1 Å². The van der Waals surface area contributed by atoms with Crippen LogP contribution in [0, 0.1) is 10.1 Å². The molecule has 11 nitrogen and oxygen atoms in total. The van der Waals surface area contributed by atoms with Gasteiger partial charge >= 0.3 is 0 Å². The molecule has 0 aliphatic rings. The predicted molar refractivity (Wildman–Crippen MR) is 101 cm³/mol. The fraction of sp³-hybridized carbons (Fsp3) is 0.353. The molecular weight excluding hydrogens is 368 g/mol. The molecule has 1 atom stereocenters. The molecule has 0 fully saturated rings. The number of nitrogens with one attached hydrogen (secondary N) is 2. The lowest BCUT2D eigenvalue weighted by Gasteiger charge is -2.09. The van der Waals surface area contributed by atoms with Crippen molar-refractivity contribution in [3.63, 3.8) is 0 Å². The van der Waals surface area contributed by atoms with Gasteiger partial charge in [0.1, 0.15) is 5.52 Å². The normalized spacial score (nSPS) is 13.4. The van der Waals surface area contributed by atoms with E-state index in [1.165, 1.54) is 12.3 Å². The molecular formula is C17H20N6O5. The molecule has 0 bridgehead atoms. The zero-order valence-electron chi connectivity index (χ0n) is 15.4. The summed E-state index contributed by atoms with van der Waals surface area (Å²) in [6.07, 6.45) is 3.00. The lowest BCUT2D eigenvalue weighted by Crippen LogP contribution is -2.31. The first kappa shape index (κ1) is 20.7. The largest absolute Gasteiger partial charge is 0.411 e. The number of aromatic nitrogens is 3. The van der Waals surface area contributed by atoms with Crippen LogP contribution in [0.15, 0.2) is 39.9 Å². The van der Waals surface area contributed by atoms with Gasteiger partial charge in [0.05, 0.1) is 24.4 Å². The quantitative estimate of drug-likeness (QED) is 0.261. The first-order valence-electron chi connectivity index (χ1n) is 8.49. The summed E-state index contributed by atoms with van der Waals surface area (Å²) in [5.41, 5.74) is 0.558. The van der Waals surface area contributed by atoms with Crippen LogP contribution in [0.2, 0.25) is 0 Å². The molecule has 148 valence electrons. The van der Waals surface area contributed by atoms with Crippen molar-refractivity contribution in [2.24, 2.45) is 5.16 Å². The molecule has 1 amide bonds. The maximum atomic E-state index is 12.2. The first-order valence-corrected chi connectivity index (χ1v) is 8.49. The fourth-order valence-corrected chi connectivity index (χ4v) is 2.70. The molecule has 0 radical (unpaired) electrons. The third kappa shape index (κ3) is 4.96. The monoisotopic (exact) mass is 388 g/mol. The van der Waals surface area contributed by atoms with Crippen LogP contribution >= 0.6 is 0 Å². The number of carbonyl (C=O) groups excluding carboxylic acids is 1. The molecule has 1 unspecified atom stereocenters. The van der Waals surface area contributed by atoms with E-state index in [0.29, 0.717) is 23.1 Å². The molecule has 2 aromatic heterocycles. The van der Waals surface area contributed by atoms with Gasteiger partial charge in [-0.3, -0.25) is 24.7 Å². The van der Waals surface area contributed by atoms with E-state index in [4.69, 9.17) is 5.21 Å². The Balaban J connectivity index is 2.07. The van der Waals surface area contributed by atoms with Crippen molar-refractivity contribution in [1.82, 2.24) is 20.5 Å². The van der Waals surface area contributed by atoms with Crippen LogP contribution in [0.5, 0.6) is 0 Å². The lowest BCUT2D eigenvalue weighted by atomic mass is 10.1. The van der Waals surface area contributed by atoms with Crippen molar-refractivity contribution in [3.8, 4) is 0 Å². The predicted octanol–water partition coefficient (Wildman–Crippen LogP) is 0.809. The summed E-state index contributed by atoms with van der Waals surface area (Å²) in [5, 5.41) is 32.4. The zero-order valence-corrected chi connectivity index (χ0v) is 15.4. The van der Waals surface area contributed by atoms with Gasteiger partial charge in [0, 0.05) is 28.5 Å². The van der Waals surface area contributed by atoms with Crippen LogP contribution in [-0.2, 0) is 11.2 Å². The van der Waals surface area contributed by atoms with E-state index in [9.17, 15) is 19.7 Å². The Kier molecular flexibility index (Phi) is 6.90. The molecule has 0 spiro atoms. The second kappa shape index (κ2) is 9.35. The van der Waals surface area contributed by atoms with Gasteiger partial charge in [0.2, 0.25) is 11.9 Å². The summed E-state index contributed by atoms with van der Waals surface area (Å²) >= 11 is 0. The van der Waals surface area contributed by atoms with Crippen molar-refractivity contribution in [2.75, 3.05) is 6.54 Å². The molecule has 0 aromatic carbocycles. The van der Waals surface area contributed by atoms with E-state index >= 15 is 0 Å². The number of fused-ring (bicyclic) bond motifs is 1.